The number of carbonyl (C=O) groups is 2. The lowest BCUT2D eigenvalue weighted by atomic mass is 10.2. The molecule has 3 rings (SSSR count). The molecule has 1 saturated heterocycles. The van der Waals surface area contributed by atoms with Gasteiger partial charge in [-0.1, -0.05) is 34.1 Å². The van der Waals surface area contributed by atoms with Gasteiger partial charge in [-0.25, -0.2) is 0 Å². The van der Waals surface area contributed by atoms with Crippen LogP contribution in [0.5, 0.6) is 0 Å². The molecule has 4 nitrogen and oxygen atoms in total. The number of carbonyl (C=O) groups excluding carboxylic acids is 2. The molecule has 0 aromatic heterocycles. The molecule has 2 atom stereocenters. The smallest absolute Gasteiger partial charge is 0.235 e. The molecular formula is C12H11BrN2O2. The minimum Gasteiger partial charge on any atom is -0.326 e. The molecule has 1 aliphatic heterocycles. The standard InChI is InChI=1S/C12H11BrN2O2/c13-7-4-2-1-3-6(7)5-15-11(16)8-9(10(8)14)12(15)17/h1-4,8-10H,5,14H2. The maximum absolute atomic E-state index is 11.9. The second-order valence-electron chi connectivity index (χ2n) is 4.48. The molecule has 2 unspecified atom stereocenters. The highest BCUT2D eigenvalue weighted by molar-refractivity contribution is 9.10. The Bertz CT molecular complexity index is 495. The zero-order chi connectivity index (χ0) is 12.2. The van der Waals surface area contributed by atoms with Crippen LogP contribution in [0.25, 0.3) is 0 Å². The van der Waals surface area contributed by atoms with E-state index in [-0.39, 0.29) is 29.7 Å². The third kappa shape index (κ3) is 1.53. The first-order valence-corrected chi connectivity index (χ1v) is 6.25. The number of likely N-dealkylation sites (tertiary alicyclic amines) is 1. The summed E-state index contributed by atoms with van der Waals surface area (Å²) in [6, 6.07) is 7.33. The van der Waals surface area contributed by atoms with E-state index in [1.165, 1.54) is 4.90 Å². The van der Waals surface area contributed by atoms with Crippen molar-refractivity contribution in [1.82, 2.24) is 4.90 Å². The van der Waals surface area contributed by atoms with Crippen LogP contribution < -0.4 is 5.73 Å². The number of hydrogen-bond donors (Lipinski definition) is 1. The summed E-state index contributed by atoms with van der Waals surface area (Å²) in [5.41, 5.74) is 6.59. The Morgan fingerprint density at radius 2 is 1.76 bits per heavy atom. The van der Waals surface area contributed by atoms with Crippen LogP contribution in [0.2, 0.25) is 0 Å². The summed E-state index contributed by atoms with van der Waals surface area (Å²) in [6.45, 7) is 0.332. The van der Waals surface area contributed by atoms with Gasteiger partial charge >= 0.3 is 0 Å². The number of nitrogens with two attached hydrogens (primary N) is 1. The van der Waals surface area contributed by atoms with E-state index in [4.69, 9.17) is 5.73 Å². The van der Waals surface area contributed by atoms with Gasteiger partial charge in [0.25, 0.3) is 0 Å². The molecule has 2 aliphatic rings. The fourth-order valence-electron chi connectivity index (χ4n) is 2.39. The van der Waals surface area contributed by atoms with Crippen LogP contribution in [-0.2, 0) is 16.1 Å². The van der Waals surface area contributed by atoms with Crippen LogP contribution in [0.3, 0.4) is 0 Å². The Hall–Kier alpha value is -1.20. The summed E-state index contributed by atoms with van der Waals surface area (Å²) in [5.74, 6) is -0.763. The minimum atomic E-state index is -0.259. The molecule has 1 aromatic rings. The summed E-state index contributed by atoms with van der Waals surface area (Å²) in [5, 5.41) is 0. The normalized spacial score (nSPS) is 30.7. The predicted octanol–water partition coefficient (Wildman–Crippen LogP) is 0.891. The lowest BCUT2D eigenvalue weighted by Crippen LogP contribution is -2.36. The SMILES string of the molecule is NC1C2C(=O)N(Cc3ccccc3Br)C(=O)C12. The Morgan fingerprint density at radius 3 is 2.35 bits per heavy atom. The minimum absolute atomic E-state index is 0.122. The van der Waals surface area contributed by atoms with Gasteiger partial charge < -0.3 is 5.73 Å². The fourth-order valence-corrected chi connectivity index (χ4v) is 2.80. The second-order valence-corrected chi connectivity index (χ2v) is 5.34. The van der Waals surface area contributed by atoms with E-state index in [1.807, 2.05) is 24.3 Å². The lowest BCUT2D eigenvalue weighted by molar-refractivity contribution is -0.142. The van der Waals surface area contributed by atoms with Crippen molar-refractivity contribution in [1.29, 1.82) is 0 Å². The molecule has 0 bridgehead atoms. The predicted molar refractivity (Wildman–Crippen MR) is 64.7 cm³/mol. The van der Waals surface area contributed by atoms with Crippen LogP contribution in [0, 0.1) is 11.8 Å². The molecule has 2 N–H and O–H groups in total. The highest BCUT2D eigenvalue weighted by atomic mass is 79.9. The van der Waals surface area contributed by atoms with E-state index in [0.29, 0.717) is 6.54 Å². The molecule has 17 heavy (non-hydrogen) atoms. The van der Waals surface area contributed by atoms with Crippen LogP contribution in [0.1, 0.15) is 5.56 Å². The van der Waals surface area contributed by atoms with Crippen molar-refractivity contribution in [2.45, 2.75) is 12.6 Å². The van der Waals surface area contributed by atoms with Crippen molar-refractivity contribution in [3.8, 4) is 0 Å². The summed E-state index contributed by atoms with van der Waals surface area (Å²) in [6.07, 6.45) is 0. The van der Waals surface area contributed by atoms with Crippen molar-refractivity contribution in [2.75, 3.05) is 0 Å². The Kier molecular flexibility index (Phi) is 2.34. The van der Waals surface area contributed by atoms with E-state index in [1.54, 1.807) is 0 Å². The number of hydrogen-bond acceptors (Lipinski definition) is 3. The lowest BCUT2D eigenvalue weighted by Gasteiger charge is -2.18. The summed E-state index contributed by atoms with van der Waals surface area (Å²) in [4.78, 5) is 25.1. The number of imide groups is 1. The third-order valence-electron chi connectivity index (χ3n) is 3.46. The zero-order valence-electron chi connectivity index (χ0n) is 8.97. The van der Waals surface area contributed by atoms with Crippen LogP contribution in [0.4, 0.5) is 0 Å². The molecule has 1 aliphatic carbocycles. The second kappa shape index (κ2) is 3.65. The van der Waals surface area contributed by atoms with Gasteiger partial charge in [0.05, 0.1) is 18.4 Å². The summed E-state index contributed by atoms with van der Waals surface area (Å²) in [7, 11) is 0. The zero-order valence-corrected chi connectivity index (χ0v) is 10.6. The van der Waals surface area contributed by atoms with E-state index in [2.05, 4.69) is 15.9 Å². The molecule has 0 radical (unpaired) electrons. The van der Waals surface area contributed by atoms with Gasteiger partial charge in [-0.2, -0.15) is 0 Å². The van der Waals surface area contributed by atoms with E-state index in [0.717, 1.165) is 10.0 Å². The van der Waals surface area contributed by atoms with Gasteiger partial charge in [0, 0.05) is 10.5 Å². The topological polar surface area (TPSA) is 63.4 Å². The maximum Gasteiger partial charge on any atom is 0.235 e. The van der Waals surface area contributed by atoms with Crippen molar-refractivity contribution >= 4 is 27.7 Å². The molecule has 5 heteroatoms. The van der Waals surface area contributed by atoms with Crippen LogP contribution in [-0.4, -0.2) is 22.8 Å². The molecule has 2 fully saturated rings. The first-order chi connectivity index (χ1) is 8.11. The van der Waals surface area contributed by atoms with Gasteiger partial charge in [0.1, 0.15) is 0 Å². The number of piperidine rings is 1. The van der Waals surface area contributed by atoms with Crippen molar-refractivity contribution in [2.24, 2.45) is 17.6 Å². The number of rotatable bonds is 2. The monoisotopic (exact) mass is 294 g/mol. The molecular weight excluding hydrogens is 284 g/mol. The Balaban J connectivity index is 1.82. The number of benzene rings is 1. The van der Waals surface area contributed by atoms with Crippen molar-refractivity contribution in [3.63, 3.8) is 0 Å². The van der Waals surface area contributed by atoms with Crippen molar-refractivity contribution in [3.05, 3.63) is 34.3 Å². The molecule has 1 saturated carbocycles. The number of fused-ring (bicyclic) bond motifs is 1. The van der Waals surface area contributed by atoms with E-state index in [9.17, 15) is 9.59 Å². The molecule has 1 aromatic carbocycles. The average Bonchev–Trinajstić information content (AvgIpc) is 2.90. The molecule has 1 heterocycles. The quantitative estimate of drug-likeness (QED) is 0.824. The third-order valence-corrected chi connectivity index (χ3v) is 4.24. The number of nitrogens with zero attached hydrogens (tertiary/aromatic N) is 1. The van der Waals surface area contributed by atoms with Crippen LogP contribution >= 0.6 is 15.9 Å². The summed E-state index contributed by atoms with van der Waals surface area (Å²) < 4.78 is 0.908. The van der Waals surface area contributed by atoms with Gasteiger partial charge in [-0.05, 0) is 11.6 Å². The molecule has 2 amide bonds. The van der Waals surface area contributed by atoms with E-state index >= 15 is 0 Å². The van der Waals surface area contributed by atoms with Crippen molar-refractivity contribution < 1.29 is 9.59 Å². The maximum atomic E-state index is 11.9. The van der Waals surface area contributed by atoms with Crippen LogP contribution in [0.15, 0.2) is 28.7 Å². The average molecular weight is 295 g/mol. The Morgan fingerprint density at radius 1 is 1.18 bits per heavy atom. The molecule has 0 spiro atoms. The van der Waals surface area contributed by atoms with Gasteiger partial charge in [-0.3, -0.25) is 14.5 Å². The molecule has 88 valence electrons. The summed E-state index contributed by atoms with van der Waals surface area (Å²) >= 11 is 3.41. The highest BCUT2D eigenvalue weighted by Crippen LogP contribution is 2.46. The van der Waals surface area contributed by atoms with Gasteiger partial charge in [0.15, 0.2) is 0 Å². The number of halogens is 1. The fraction of sp³-hybridized carbons (Fsp3) is 0.333. The first-order valence-electron chi connectivity index (χ1n) is 5.45. The number of amides is 2. The van der Waals surface area contributed by atoms with Gasteiger partial charge in [-0.15, -0.1) is 0 Å². The first kappa shape index (κ1) is 10.9. The highest BCUT2D eigenvalue weighted by Gasteiger charge is 2.65. The van der Waals surface area contributed by atoms with Gasteiger partial charge in [0.2, 0.25) is 11.8 Å². The Labute approximate surface area is 107 Å². The van der Waals surface area contributed by atoms with E-state index < -0.39 is 0 Å². The largest absolute Gasteiger partial charge is 0.326 e.